The number of hydrogen-bond donors (Lipinski definition) is 1. The summed E-state index contributed by atoms with van der Waals surface area (Å²) in [6.07, 6.45) is 5.52. The molecule has 0 saturated carbocycles. The fourth-order valence-electron chi connectivity index (χ4n) is 3.40. The van der Waals surface area contributed by atoms with Gasteiger partial charge in [0.2, 0.25) is 0 Å². The predicted octanol–water partition coefficient (Wildman–Crippen LogP) is 4.81. The Morgan fingerprint density at radius 2 is 1.69 bits per heavy atom. The van der Waals surface area contributed by atoms with Crippen LogP contribution in [0, 0.1) is 12.3 Å². The summed E-state index contributed by atoms with van der Waals surface area (Å²) in [5, 5.41) is 8.26. The van der Waals surface area contributed by atoms with Crippen molar-refractivity contribution in [3.8, 4) is 18.1 Å². The molecule has 160 valence electrons. The Labute approximate surface area is 188 Å². The number of para-hydroxylation sites is 1. The zero-order valence-corrected chi connectivity index (χ0v) is 18.2. The summed E-state index contributed by atoms with van der Waals surface area (Å²) in [5.74, 6) is 3.10. The van der Waals surface area contributed by atoms with E-state index < -0.39 is 5.54 Å². The lowest BCUT2D eigenvalue weighted by atomic mass is 10.1. The number of carbonyl (C=O) groups is 1. The van der Waals surface area contributed by atoms with Crippen molar-refractivity contribution in [3.05, 3.63) is 95.7 Å². The third kappa shape index (κ3) is 4.81. The number of ether oxygens (including phenoxy) is 1. The minimum Gasteiger partial charge on any atom is -0.489 e. The monoisotopic (exact) mass is 423 g/mol. The van der Waals surface area contributed by atoms with Gasteiger partial charge in [0.25, 0.3) is 5.91 Å². The number of benzene rings is 3. The average molecular weight is 424 g/mol. The van der Waals surface area contributed by atoms with Crippen molar-refractivity contribution in [2.24, 2.45) is 0 Å². The molecule has 0 radical (unpaired) electrons. The van der Waals surface area contributed by atoms with Gasteiger partial charge < -0.3 is 10.1 Å². The summed E-state index contributed by atoms with van der Waals surface area (Å²) in [4.78, 5) is 12.8. The minimum atomic E-state index is -0.752. The molecule has 0 unspecified atom stereocenters. The van der Waals surface area contributed by atoms with Gasteiger partial charge in [-0.15, -0.1) is 6.42 Å². The summed E-state index contributed by atoms with van der Waals surface area (Å²) in [7, 11) is 0. The summed E-state index contributed by atoms with van der Waals surface area (Å²) in [5.41, 5.74) is 2.68. The Morgan fingerprint density at radius 1 is 1.00 bits per heavy atom. The maximum absolute atomic E-state index is 12.8. The van der Waals surface area contributed by atoms with Gasteiger partial charge in [-0.25, -0.2) is 0 Å². The molecule has 5 heteroatoms. The standard InChI is InChI=1S/C27H25N3O2/c1-4-27(2,3)28-26(31)25-23-12-8-9-13-24(23)30(29-25)18-20-14-16-22(17-15-20)32-19-21-10-6-5-7-11-21/h1,5-17H,18-19H2,2-3H3,(H,28,31). The molecule has 4 rings (SSSR count). The lowest BCUT2D eigenvalue weighted by Crippen LogP contribution is -2.42. The van der Waals surface area contributed by atoms with Gasteiger partial charge in [0, 0.05) is 5.39 Å². The fourth-order valence-corrected chi connectivity index (χ4v) is 3.40. The van der Waals surface area contributed by atoms with Gasteiger partial charge in [-0.3, -0.25) is 9.48 Å². The highest BCUT2D eigenvalue weighted by molar-refractivity contribution is 6.05. The molecule has 1 N–H and O–H groups in total. The second-order valence-corrected chi connectivity index (χ2v) is 8.17. The number of fused-ring (bicyclic) bond motifs is 1. The Bertz CT molecular complexity index is 1270. The van der Waals surface area contributed by atoms with Crippen LogP contribution < -0.4 is 10.1 Å². The van der Waals surface area contributed by atoms with Crippen molar-refractivity contribution in [2.45, 2.75) is 32.5 Å². The lowest BCUT2D eigenvalue weighted by molar-refractivity contribution is 0.0925. The normalized spacial score (nSPS) is 11.2. The van der Waals surface area contributed by atoms with Crippen molar-refractivity contribution in [2.75, 3.05) is 0 Å². The lowest BCUT2D eigenvalue weighted by Gasteiger charge is -2.18. The van der Waals surface area contributed by atoms with Gasteiger partial charge in [-0.05, 0) is 43.2 Å². The van der Waals surface area contributed by atoms with Crippen molar-refractivity contribution in [3.63, 3.8) is 0 Å². The summed E-state index contributed by atoms with van der Waals surface area (Å²) in [6, 6.07) is 25.7. The van der Waals surface area contributed by atoms with Crippen LogP contribution in [0.2, 0.25) is 0 Å². The highest BCUT2D eigenvalue weighted by Gasteiger charge is 2.23. The second kappa shape index (κ2) is 8.99. The number of carbonyl (C=O) groups excluding carboxylic acids is 1. The van der Waals surface area contributed by atoms with E-state index in [-0.39, 0.29) is 5.91 Å². The molecule has 32 heavy (non-hydrogen) atoms. The molecule has 0 saturated heterocycles. The summed E-state index contributed by atoms with van der Waals surface area (Å²) in [6.45, 7) is 4.62. The molecule has 1 amide bonds. The third-order valence-electron chi connectivity index (χ3n) is 5.16. The average Bonchev–Trinajstić information content (AvgIpc) is 3.18. The molecule has 0 fully saturated rings. The van der Waals surface area contributed by atoms with E-state index in [4.69, 9.17) is 11.2 Å². The van der Waals surface area contributed by atoms with E-state index in [1.54, 1.807) is 13.8 Å². The van der Waals surface area contributed by atoms with Crippen LogP contribution in [0.25, 0.3) is 10.9 Å². The minimum absolute atomic E-state index is 0.285. The molecule has 1 aromatic heterocycles. The zero-order valence-electron chi connectivity index (χ0n) is 18.2. The maximum atomic E-state index is 12.8. The van der Waals surface area contributed by atoms with Crippen molar-refractivity contribution in [1.82, 2.24) is 15.1 Å². The number of rotatable bonds is 7. The molecular weight excluding hydrogens is 398 g/mol. The van der Waals surface area contributed by atoms with Gasteiger partial charge in [0.1, 0.15) is 12.4 Å². The van der Waals surface area contributed by atoms with Crippen LogP contribution in [0.1, 0.15) is 35.5 Å². The van der Waals surface area contributed by atoms with Gasteiger partial charge in [0.05, 0.1) is 17.6 Å². The smallest absolute Gasteiger partial charge is 0.273 e. The molecule has 0 bridgehead atoms. The van der Waals surface area contributed by atoms with Gasteiger partial charge in [0.15, 0.2) is 5.69 Å². The first-order valence-electron chi connectivity index (χ1n) is 10.5. The van der Waals surface area contributed by atoms with Crippen LogP contribution in [0.5, 0.6) is 5.75 Å². The first-order valence-corrected chi connectivity index (χ1v) is 10.5. The van der Waals surface area contributed by atoms with Crippen molar-refractivity contribution < 1.29 is 9.53 Å². The maximum Gasteiger partial charge on any atom is 0.273 e. The van der Waals surface area contributed by atoms with Crippen LogP contribution in [0.3, 0.4) is 0 Å². The first kappa shape index (κ1) is 21.2. The molecule has 1 heterocycles. The largest absolute Gasteiger partial charge is 0.489 e. The molecule has 0 atom stereocenters. The number of hydrogen-bond acceptors (Lipinski definition) is 3. The van der Waals surface area contributed by atoms with E-state index in [0.717, 1.165) is 27.8 Å². The van der Waals surface area contributed by atoms with Crippen LogP contribution >= 0.6 is 0 Å². The number of nitrogens with one attached hydrogen (secondary N) is 1. The van der Waals surface area contributed by atoms with E-state index in [9.17, 15) is 4.79 Å². The van der Waals surface area contributed by atoms with Gasteiger partial charge in [-0.1, -0.05) is 66.6 Å². The topological polar surface area (TPSA) is 56.2 Å². The fraction of sp³-hybridized carbons (Fsp3) is 0.185. The third-order valence-corrected chi connectivity index (χ3v) is 5.16. The molecule has 0 spiro atoms. The van der Waals surface area contributed by atoms with E-state index >= 15 is 0 Å². The zero-order chi connectivity index (χ0) is 22.6. The van der Waals surface area contributed by atoms with E-state index in [1.807, 2.05) is 83.5 Å². The van der Waals surface area contributed by atoms with Crippen molar-refractivity contribution in [1.29, 1.82) is 0 Å². The van der Waals surface area contributed by atoms with E-state index in [0.29, 0.717) is 18.8 Å². The van der Waals surface area contributed by atoms with Crippen LogP contribution in [0.15, 0.2) is 78.9 Å². The molecule has 5 nitrogen and oxygen atoms in total. The molecule has 0 aliphatic heterocycles. The van der Waals surface area contributed by atoms with Gasteiger partial charge >= 0.3 is 0 Å². The second-order valence-electron chi connectivity index (χ2n) is 8.17. The Balaban J connectivity index is 1.52. The molecular formula is C27H25N3O2. The number of terminal acetylenes is 1. The number of nitrogens with zero attached hydrogens (tertiary/aromatic N) is 2. The summed E-state index contributed by atoms with van der Waals surface area (Å²) < 4.78 is 7.71. The molecule has 4 aromatic rings. The summed E-state index contributed by atoms with van der Waals surface area (Å²) >= 11 is 0. The van der Waals surface area contributed by atoms with Crippen LogP contribution in [-0.4, -0.2) is 21.2 Å². The Hall–Kier alpha value is -4.04. The predicted molar refractivity (Wildman–Crippen MR) is 126 cm³/mol. The first-order chi connectivity index (χ1) is 15.4. The quantitative estimate of drug-likeness (QED) is 0.434. The van der Waals surface area contributed by atoms with Crippen molar-refractivity contribution >= 4 is 16.8 Å². The Kier molecular flexibility index (Phi) is 5.96. The van der Waals surface area contributed by atoms with E-state index in [2.05, 4.69) is 16.3 Å². The van der Waals surface area contributed by atoms with Crippen LogP contribution in [0.4, 0.5) is 0 Å². The highest BCUT2D eigenvalue weighted by atomic mass is 16.5. The molecule has 0 aliphatic rings. The van der Waals surface area contributed by atoms with E-state index in [1.165, 1.54) is 0 Å². The Morgan fingerprint density at radius 3 is 2.41 bits per heavy atom. The number of aromatic nitrogens is 2. The highest BCUT2D eigenvalue weighted by Crippen LogP contribution is 2.21. The number of amides is 1. The SMILES string of the molecule is C#CC(C)(C)NC(=O)c1nn(Cc2ccc(OCc3ccccc3)cc2)c2ccccc12. The van der Waals surface area contributed by atoms with Crippen LogP contribution in [-0.2, 0) is 13.2 Å². The van der Waals surface area contributed by atoms with Gasteiger partial charge in [-0.2, -0.15) is 5.10 Å². The molecule has 3 aromatic carbocycles. The molecule has 0 aliphatic carbocycles.